The number of rotatable bonds is 4. The van der Waals surface area contributed by atoms with Crippen LogP contribution in [0, 0.1) is 0 Å². The van der Waals surface area contributed by atoms with Crippen molar-refractivity contribution in [2.45, 2.75) is 51.0 Å². The number of fused-ring (bicyclic) bond motifs is 1. The predicted octanol–water partition coefficient (Wildman–Crippen LogP) is 3.98. The third-order valence-electron chi connectivity index (χ3n) is 6.08. The normalized spacial score (nSPS) is 19.4. The van der Waals surface area contributed by atoms with Crippen LogP contribution in [0.3, 0.4) is 0 Å². The first-order valence-electron chi connectivity index (χ1n) is 10.5. The molecular weight excluding hydrogens is 346 g/mol. The molecule has 0 bridgehead atoms. The van der Waals surface area contributed by atoms with Crippen molar-refractivity contribution in [2.75, 3.05) is 18.0 Å². The van der Waals surface area contributed by atoms with Crippen LogP contribution in [0.5, 0.6) is 0 Å². The first-order valence-corrected chi connectivity index (χ1v) is 10.5. The fraction of sp³-hybridized carbons (Fsp3) is 0.435. The molecule has 0 radical (unpaired) electrons. The Kier molecular flexibility index (Phi) is 4.81. The molecule has 0 amide bonds. The Morgan fingerprint density at radius 2 is 1.93 bits per heavy atom. The summed E-state index contributed by atoms with van der Waals surface area (Å²) in [6, 6.07) is 10.6. The highest BCUT2D eigenvalue weighted by molar-refractivity contribution is 5.43. The molecule has 5 rings (SSSR count). The largest absolute Gasteiger partial charge is 0.356 e. The van der Waals surface area contributed by atoms with Gasteiger partial charge in [0.25, 0.3) is 0 Å². The van der Waals surface area contributed by atoms with Crippen molar-refractivity contribution in [1.82, 2.24) is 19.5 Å². The number of hydrogen-bond donors (Lipinski definition) is 0. The van der Waals surface area contributed by atoms with Crippen LogP contribution in [0.2, 0.25) is 0 Å². The van der Waals surface area contributed by atoms with Crippen molar-refractivity contribution in [3.63, 3.8) is 0 Å². The van der Waals surface area contributed by atoms with Crippen LogP contribution in [0.25, 0.3) is 0 Å². The van der Waals surface area contributed by atoms with Crippen LogP contribution in [-0.4, -0.2) is 32.6 Å². The molecule has 2 aliphatic rings. The van der Waals surface area contributed by atoms with Crippen LogP contribution in [0.1, 0.15) is 54.4 Å². The number of aryl methyl sites for hydroxylation is 2. The summed E-state index contributed by atoms with van der Waals surface area (Å²) in [5.41, 5.74) is 3.85. The maximum atomic E-state index is 5.03. The smallest absolute Gasteiger partial charge is 0.128 e. The fourth-order valence-corrected chi connectivity index (χ4v) is 4.62. The average molecular weight is 374 g/mol. The molecule has 0 spiro atoms. The molecule has 3 aromatic rings. The average Bonchev–Trinajstić information content (AvgIpc) is 3.22. The second kappa shape index (κ2) is 7.74. The van der Waals surface area contributed by atoms with E-state index in [0.29, 0.717) is 5.92 Å². The molecule has 5 nitrogen and oxygen atoms in total. The summed E-state index contributed by atoms with van der Waals surface area (Å²) in [4.78, 5) is 16.7. The zero-order valence-corrected chi connectivity index (χ0v) is 16.3. The number of nitrogens with zero attached hydrogens (tertiary/aromatic N) is 5. The maximum Gasteiger partial charge on any atom is 0.128 e. The van der Waals surface area contributed by atoms with E-state index >= 15 is 0 Å². The number of pyridine rings is 2. The lowest BCUT2D eigenvalue weighted by Crippen LogP contribution is -2.36. The van der Waals surface area contributed by atoms with Crippen molar-refractivity contribution >= 4 is 5.82 Å². The third-order valence-corrected chi connectivity index (χ3v) is 6.08. The molecule has 144 valence electrons. The van der Waals surface area contributed by atoms with Crippen molar-refractivity contribution in [1.29, 1.82) is 0 Å². The van der Waals surface area contributed by atoms with Gasteiger partial charge in [-0.1, -0.05) is 12.1 Å². The quantitative estimate of drug-likeness (QED) is 0.694. The van der Waals surface area contributed by atoms with E-state index in [0.717, 1.165) is 37.6 Å². The number of hydrogen-bond acceptors (Lipinski definition) is 4. The summed E-state index contributed by atoms with van der Waals surface area (Å²) in [5, 5.41) is 0. The van der Waals surface area contributed by atoms with E-state index in [9.17, 15) is 0 Å². The van der Waals surface area contributed by atoms with Gasteiger partial charge in [0, 0.05) is 43.3 Å². The molecule has 1 aliphatic heterocycles. The Bertz CT molecular complexity index is 933. The van der Waals surface area contributed by atoms with Gasteiger partial charge in [0.2, 0.25) is 0 Å². The van der Waals surface area contributed by atoms with Gasteiger partial charge in [-0.3, -0.25) is 4.98 Å². The standard InChI is InChI=1S/C23H27N5/c1-2-9-21-18(6-1)10-11-22(26-21)27-14-5-7-19(16-27)23-25-13-15-28(23)17-20-8-3-4-12-24-20/h3-4,8,10-13,15,19H,1-2,5-7,9,14,16-17H2. The highest BCUT2D eigenvalue weighted by Gasteiger charge is 2.26. The zero-order chi connectivity index (χ0) is 18.8. The van der Waals surface area contributed by atoms with Crippen LogP contribution in [-0.2, 0) is 19.4 Å². The summed E-state index contributed by atoms with van der Waals surface area (Å²) in [6.07, 6.45) is 13.1. The summed E-state index contributed by atoms with van der Waals surface area (Å²) in [7, 11) is 0. The van der Waals surface area contributed by atoms with E-state index in [1.54, 1.807) is 0 Å². The SMILES string of the molecule is c1ccc(Cn2ccnc2C2CCCN(c3ccc4c(n3)CCCC4)C2)nc1. The zero-order valence-electron chi connectivity index (χ0n) is 16.3. The molecule has 1 fully saturated rings. The first kappa shape index (κ1) is 17.4. The first-order chi connectivity index (χ1) is 13.9. The van der Waals surface area contributed by atoms with Gasteiger partial charge in [-0.05, 0) is 62.3 Å². The number of anilines is 1. The summed E-state index contributed by atoms with van der Waals surface area (Å²) < 4.78 is 2.26. The lowest BCUT2D eigenvalue weighted by atomic mass is 9.95. The van der Waals surface area contributed by atoms with E-state index in [2.05, 4.69) is 38.8 Å². The fourth-order valence-electron chi connectivity index (χ4n) is 4.62. The van der Waals surface area contributed by atoms with Crippen molar-refractivity contribution in [3.05, 3.63) is 71.7 Å². The second-order valence-corrected chi connectivity index (χ2v) is 8.00. The van der Waals surface area contributed by atoms with Crippen LogP contribution < -0.4 is 4.90 Å². The Hall–Kier alpha value is -2.69. The molecule has 0 N–H and O–H groups in total. The number of aromatic nitrogens is 4. The molecular formula is C23H27N5. The van der Waals surface area contributed by atoms with E-state index in [1.807, 2.05) is 24.5 Å². The third kappa shape index (κ3) is 3.53. The van der Waals surface area contributed by atoms with E-state index in [4.69, 9.17) is 9.97 Å². The van der Waals surface area contributed by atoms with Gasteiger partial charge >= 0.3 is 0 Å². The Labute approximate surface area is 166 Å². The maximum absolute atomic E-state index is 5.03. The number of imidazole rings is 1. The Morgan fingerprint density at radius 1 is 0.964 bits per heavy atom. The molecule has 1 saturated heterocycles. The Balaban J connectivity index is 1.35. The van der Waals surface area contributed by atoms with Crippen LogP contribution in [0.4, 0.5) is 5.82 Å². The minimum atomic E-state index is 0.435. The van der Waals surface area contributed by atoms with Crippen molar-refractivity contribution in [3.8, 4) is 0 Å². The minimum Gasteiger partial charge on any atom is -0.356 e. The summed E-state index contributed by atoms with van der Waals surface area (Å²) >= 11 is 0. The molecule has 1 aliphatic carbocycles. The second-order valence-electron chi connectivity index (χ2n) is 8.00. The highest BCUT2D eigenvalue weighted by atomic mass is 15.2. The van der Waals surface area contributed by atoms with E-state index < -0.39 is 0 Å². The molecule has 1 atom stereocenters. The molecule has 0 aromatic carbocycles. The van der Waals surface area contributed by atoms with Crippen LogP contribution >= 0.6 is 0 Å². The summed E-state index contributed by atoms with van der Waals surface area (Å²) in [5.74, 6) is 2.76. The molecule has 5 heteroatoms. The molecule has 28 heavy (non-hydrogen) atoms. The van der Waals surface area contributed by atoms with Gasteiger partial charge in [0.15, 0.2) is 0 Å². The van der Waals surface area contributed by atoms with Crippen LogP contribution in [0.15, 0.2) is 48.9 Å². The Morgan fingerprint density at radius 3 is 2.86 bits per heavy atom. The number of piperidine rings is 1. The van der Waals surface area contributed by atoms with E-state index in [1.165, 1.54) is 49.2 Å². The minimum absolute atomic E-state index is 0.435. The predicted molar refractivity (Wildman–Crippen MR) is 111 cm³/mol. The highest BCUT2D eigenvalue weighted by Crippen LogP contribution is 2.30. The molecule has 3 aromatic heterocycles. The van der Waals surface area contributed by atoms with Crippen molar-refractivity contribution < 1.29 is 0 Å². The monoisotopic (exact) mass is 373 g/mol. The van der Waals surface area contributed by atoms with Gasteiger partial charge in [0.05, 0.1) is 12.2 Å². The van der Waals surface area contributed by atoms with Gasteiger partial charge in [-0.15, -0.1) is 0 Å². The van der Waals surface area contributed by atoms with Gasteiger partial charge < -0.3 is 9.47 Å². The van der Waals surface area contributed by atoms with Gasteiger partial charge in [-0.2, -0.15) is 0 Å². The lowest BCUT2D eigenvalue weighted by molar-refractivity contribution is 0.473. The molecule has 4 heterocycles. The lowest BCUT2D eigenvalue weighted by Gasteiger charge is -2.34. The van der Waals surface area contributed by atoms with Gasteiger partial charge in [0.1, 0.15) is 11.6 Å². The van der Waals surface area contributed by atoms with Crippen molar-refractivity contribution in [2.24, 2.45) is 0 Å². The topological polar surface area (TPSA) is 46.8 Å². The van der Waals surface area contributed by atoms with Gasteiger partial charge in [-0.25, -0.2) is 9.97 Å². The van der Waals surface area contributed by atoms with E-state index in [-0.39, 0.29) is 0 Å². The molecule has 1 unspecified atom stereocenters. The summed E-state index contributed by atoms with van der Waals surface area (Å²) in [6.45, 7) is 2.86. The molecule has 0 saturated carbocycles.